The van der Waals surface area contributed by atoms with Crippen molar-refractivity contribution in [1.29, 1.82) is 0 Å². The molecule has 0 bridgehead atoms. The zero-order valence-corrected chi connectivity index (χ0v) is 9.18. The molecule has 3 N–H and O–H groups in total. The number of hydrogen-bond donors (Lipinski definition) is 3. The van der Waals surface area contributed by atoms with E-state index in [9.17, 15) is 9.90 Å². The molecule has 0 amide bonds. The van der Waals surface area contributed by atoms with E-state index >= 15 is 0 Å². The molecule has 0 aliphatic rings. The van der Waals surface area contributed by atoms with Gasteiger partial charge in [0.15, 0.2) is 6.10 Å². The van der Waals surface area contributed by atoms with Crippen LogP contribution in [0.4, 0.5) is 0 Å². The second kappa shape index (κ2) is 5.16. The third kappa shape index (κ3) is 2.63. The fraction of sp³-hybridized carbons (Fsp3) is 0.300. The molecule has 6 heteroatoms. The maximum absolute atomic E-state index is 10.5. The first-order valence-electron chi connectivity index (χ1n) is 4.39. The number of carboxylic acid groups (broad SMARTS) is 1. The van der Waals surface area contributed by atoms with E-state index in [1.54, 1.807) is 0 Å². The molecule has 88 valence electrons. The topological polar surface area (TPSA) is 87.0 Å². The summed E-state index contributed by atoms with van der Waals surface area (Å²) in [6.45, 7) is 0. The Labute approximate surface area is 96.9 Å². The van der Waals surface area contributed by atoms with Gasteiger partial charge in [-0.1, -0.05) is 17.7 Å². The molecular weight excluding hydrogens is 236 g/mol. The molecule has 0 aliphatic heterocycles. The van der Waals surface area contributed by atoms with Crippen LogP contribution >= 0.6 is 11.6 Å². The molecule has 1 aromatic carbocycles. The van der Waals surface area contributed by atoms with Crippen molar-refractivity contribution in [2.75, 3.05) is 7.11 Å². The lowest BCUT2D eigenvalue weighted by Gasteiger charge is -2.15. The van der Waals surface area contributed by atoms with Crippen LogP contribution in [-0.4, -0.2) is 34.5 Å². The van der Waals surface area contributed by atoms with Gasteiger partial charge in [-0.25, -0.2) is 4.79 Å². The summed E-state index contributed by atoms with van der Waals surface area (Å²) >= 11 is 5.79. The standard InChI is InChI=1S/C10H11ClO5/c1-16-7-3-2-5(4-6(7)11)8(12)9(13)10(14)15/h2-4,8-9,12-13H,1H3,(H,14,15). The first-order valence-corrected chi connectivity index (χ1v) is 4.77. The second-order valence-corrected chi connectivity index (χ2v) is 3.53. The van der Waals surface area contributed by atoms with Crippen LogP contribution in [0.2, 0.25) is 5.02 Å². The summed E-state index contributed by atoms with van der Waals surface area (Å²) < 4.78 is 4.90. The summed E-state index contributed by atoms with van der Waals surface area (Å²) in [5, 5.41) is 27.4. The normalized spacial score (nSPS) is 14.2. The van der Waals surface area contributed by atoms with Gasteiger partial charge in [0, 0.05) is 0 Å². The summed E-state index contributed by atoms with van der Waals surface area (Å²) in [7, 11) is 1.43. The first-order chi connectivity index (χ1) is 7.47. The summed E-state index contributed by atoms with van der Waals surface area (Å²) in [6, 6.07) is 4.26. The number of aliphatic hydroxyl groups excluding tert-OH is 2. The molecule has 0 radical (unpaired) electrons. The Hall–Kier alpha value is -1.30. The van der Waals surface area contributed by atoms with Gasteiger partial charge in [-0.2, -0.15) is 0 Å². The van der Waals surface area contributed by atoms with Crippen LogP contribution < -0.4 is 4.74 Å². The molecule has 1 rings (SSSR count). The van der Waals surface area contributed by atoms with E-state index < -0.39 is 18.2 Å². The van der Waals surface area contributed by atoms with Crippen LogP contribution in [0.15, 0.2) is 18.2 Å². The van der Waals surface area contributed by atoms with E-state index in [1.165, 1.54) is 25.3 Å². The first kappa shape index (κ1) is 12.8. The Kier molecular flexibility index (Phi) is 4.12. The average Bonchev–Trinajstić information content (AvgIpc) is 2.26. The van der Waals surface area contributed by atoms with Gasteiger partial charge in [0.05, 0.1) is 12.1 Å². The monoisotopic (exact) mass is 246 g/mol. The van der Waals surface area contributed by atoms with Crippen molar-refractivity contribution >= 4 is 17.6 Å². The third-order valence-electron chi connectivity index (χ3n) is 2.07. The number of halogens is 1. The van der Waals surface area contributed by atoms with Crippen molar-refractivity contribution < 1.29 is 24.9 Å². The number of methoxy groups -OCH3 is 1. The highest BCUT2D eigenvalue weighted by Crippen LogP contribution is 2.28. The van der Waals surface area contributed by atoms with Gasteiger partial charge in [0.2, 0.25) is 0 Å². The molecule has 5 nitrogen and oxygen atoms in total. The number of aliphatic hydroxyl groups is 2. The van der Waals surface area contributed by atoms with E-state index in [-0.39, 0.29) is 10.6 Å². The minimum Gasteiger partial charge on any atom is -0.495 e. The van der Waals surface area contributed by atoms with Crippen molar-refractivity contribution in [3.8, 4) is 5.75 Å². The Bertz CT molecular complexity index is 393. The predicted molar refractivity (Wildman–Crippen MR) is 56.6 cm³/mol. The third-order valence-corrected chi connectivity index (χ3v) is 2.36. The molecule has 0 aliphatic carbocycles. The largest absolute Gasteiger partial charge is 0.495 e. The van der Waals surface area contributed by atoms with Crippen LogP contribution in [0.3, 0.4) is 0 Å². The summed E-state index contributed by atoms with van der Waals surface area (Å²) in [4.78, 5) is 10.5. The minimum atomic E-state index is -1.88. The smallest absolute Gasteiger partial charge is 0.335 e. The lowest BCUT2D eigenvalue weighted by atomic mass is 10.0. The summed E-state index contributed by atoms with van der Waals surface area (Å²) in [6.07, 6.45) is -3.41. The van der Waals surface area contributed by atoms with Crippen molar-refractivity contribution in [2.24, 2.45) is 0 Å². The Morgan fingerprint density at radius 2 is 2.06 bits per heavy atom. The lowest BCUT2D eigenvalue weighted by Crippen LogP contribution is -2.27. The van der Waals surface area contributed by atoms with Crippen molar-refractivity contribution in [1.82, 2.24) is 0 Å². The molecule has 0 saturated carbocycles. The number of carbonyl (C=O) groups is 1. The molecule has 16 heavy (non-hydrogen) atoms. The van der Waals surface area contributed by atoms with E-state index in [0.717, 1.165) is 0 Å². The molecule has 0 spiro atoms. The minimum absolute atomic E-state index is 0.209. The number of hydrogen-bond acceptors (Lipinski definition) is 4. The molecule has 0 heterocycles. The van der Waals surface area contributed by atoms with Gasteiger partial charge in [-0.3, -0.25) is 0 Å². The van der Waals surface area contributed by atoms with Gasteiger partial charge in [0.25, 0.3) is 0 Å². The molecule has 1 aromatic rings. The molecule has 2 atom stereocenters. The number of aliphatic carboxylic acids is 1. The van der Waals surface area contributed by atoms with Gasteiger partial charge in [0.1, 0.15) is 11.9 Å². The molecular formula is C10H11ClO5. The fourth-order valence-corrected chi connectivity index (χ4v) is 1.45. The van der Waals surface area contributed by atoms with Gasteiger partial charge >= 0.3 is 5.97 Å². The lowest BCUT2D eigenvalue weighted by molar-refractivity contribution is -0.153. The van der Waals surface area contributed by atoms with E-state index in [0.29, 0.717) is 5.75 Å². The number of benzene rings is 1. The predicted octanol–water partition coefficient (Wildman–Crippen LogP) is 0.827. The zero-order valence-electron chi connectivity index (χ0n) is 8.42. The summed E-state index contributed by atoms with van der Waals surface area (Å²) in [5.74, 6) is -1.10. The number of ether oxygens (including phenoxy) is 1. The maximum Gasteiger partial charge on any atom is 0.335 e. The van der Waals surface area contributed by atoms with Crippen molar-refractivity contribution in [2.45, 2.75) is 12.2 Å². The van der Waals surface area contributed by atoms with Gasteiger partial charge in [-0.05, 0) is 17.7 Å². The highest BCUT2D eigenvalue weighted by atomic mass is 35.5. The molecule has 2 unspecified atom stereocenters. The second-order valence-electron chi connectivity index (χ2n) is 3.12. The molecule has 0 fully saturated rings. The van der Waals surface area contributed by atoms with Crippen LogP contribution in [0.5, 0.6) is 5.75 Å². The SMILES string of the molecule is COc1ccc(C(O)C(O)C(=O)O)cc1Cl. The van der Waals surface area contributed by atoms with Gasteiger partial charge in [-0.15, -0.1) is 0 Å². The average molecular weight is 247 g/mol. The van der Waals surface area contributed by atoms with E-state index in [4.69, 9.17) is 26.6 Å². The summed E-state index contributed by atoms with van der Waals surface area (Å²) in [5.41, 5.74) is 0.209. The Balaban J connectivity index is 2.97. The highest BCUT2D eigenvalue weighted by molar-refractivity contribution is 6.32. The van der Waals surface area contributed by atoms with E-state index in [1.807, 2.05) is 0 Å². The Morgan fingerprint density at radius 3 is 2.50 bits per heavy atom. The molecule has 0 saturated heterocycles. The maximum atomic E-state index is 10.5. The van der Waals surface area contributed by atoms with Crippen LogP contribution in [0, 0.1) is 0 Å². The highest BCUT2D eigenvalue weighted by Gasteiger charge is 2.25. The zero-order chi connectivity index (χ0) is 12.3. The number of carboxylic acids is 1. The Morgan fingerprint density at radius 1 is 1.44 bits per heavy atom. The van der Waals surface area contributed by atoms with Crippen LogP contribution in [-0.2, 0) is 4.79 Å². The van der Waals surface area contributed by atoms with Crippen LogP contribution in [0.25, 0.3) is 0 Å². The fourth-order valence-electron chi connectivity index (χ4n) is 1.18. The van der Waals surface area contributed by atoms with Crippen molar-refractivity contribution in [3.05, 3.63) is 28.8 Å². The van der Waals surface area contributed by atoms with Crippen LogP contribution in [0.1, 0.15) is 11.7 Å². The van der Waals surface area contributed by atoms with Gasteiger partial charge < -0.3 is 20.1 Å². The van der Waals surface area contributed by atoms with Crippen molar-refractivity contribution in [3.63, 3.8) is 0 Å². The number of rotatable bonds is 4. The molecule has 0 aromatic heterocycles. The van der Waals surface area contributed by atoms with E-state index in [2.05, 4.69) is 0 Å². The quantitative estimate of drug-likeness (QED) is 0.732.